The number of carbonyl (C=O) groups is 1. The van der Waals surface area contributed by atoms with E-state index in [1.807, 2.05) is 0 Å². The Balaban J connectivity index is 2.27. The maximum Gasteiger partial charge on any atom is 0.256 e. The van der Waals surface area contributed by atoms with Gasteiger partial charge in [0, 0.05) is 17.7 Å². The largest absolute Gasteiger partial charge is 0.302 e. The van der Waals surface area contributed by atoms with Crippen LogP contribution >= 0.6 is 22.7 Å². The van der Waals surface area contributed by atoms with Gasteiger partial charge in [-0.25, -0.2) is 18.4 Å². The lowest BCUT2D eigenvalue weighted by Crippen LogP contribution is -2.07. The molecule has 1 amide bonds. The van der Waals surface area contributed by atoms with Crippen LogP contribution in [0.4, 0.5) is 10.3 Å². The average Bonchev–Trinajstić information content (AvgIpc) is 2.95. The first-order valence-electron chi connectivity index (χ1n) is 5.67. The Hall–Kier alpha value is -1.78. The lowest BCUT2D eigenvalue weighted by Gasteiger charge is -1.97. The molecule has 0 aliphatic rings. The molecule has 0 bridgehead atoms. The van der Waals surface area contributed by atoms with Crippen LogP contribution in [0.3, 0.4) is 0 Å². The van der Waals surface area contributed by atoms with Gasteiger partial charge in [-0.1, -0.05) is 17.9 Å². The number of rotatable bonds is 5. The predicted molar refractivity (Wildman–Crippen MR) is 85.0 cm³/mol. The van der Waals surface area contributed by atoms with E-state index in [0.717, 1.165) is 21.6 Å². The van der Waals surface area contributed by atoms with E-state index in [-0.39, 0.29) is 11.0 Å². The van der Waals surface area contributed by atoms with Crippen molar-refractivity contribution in [2.45, 2.75) is 13.8 Å². The molecule has 2 aromatic rings. The summed E-state index contributed by atoms with van der Waals surface area (Å²) in [5.74, 6) is -0.201. The fourth-order valence-corrected chi connectivity index (χ4v) is 3.93. The fraction of sp³-hybridized carbons (Fsp3) is 0.182. The van der Waals surface area contributed by atoms with Crippen molar-refractivity contribution in [1.82, 2.24) is 9.97 Å². The zero-order valence-electron chi connectivity index (χ0n) is 11.2. The van der Waals surface area contributed by atoms with Gasteiger partial charge in [-0.15, -0.1) is 11.3 Å². The van der Waals surface area contributed by atoms with E-state index < -0.39 is 10.0 Å². The Kier molecular flexibility index (Phi) is 4.40. The predicted octanol–water partition coefficient (Wildman–Crippen LogP) is 2.42. The number of anilines is 2. The minimum Gasteiger partial charge on any atom is -0.302 e. The third kappa shape index (κ3) is 3.86. The van der Waals surface area contributed by atoms with Gasteiger partial charge in [0.25, 0.3) is 10.0 Å². The van der Waals surface area contributed by atoms with Gasteiger partial charge in [-0.3, -0.25) is 9.52 Å². The van der Waals surface area contributed by atoms with Crippen LogP contribution in [0.5, 0.6) is 0 Å². The smallest absolute Gasteiger partial charge is 0.256 e. The number of nitrogens with one attached hydrogen (secondary N) is 2. The molecule has 2 aromatic heterocycles. The van der Waals surface area contributed by atoms with Crippen LogP contribution in [-0.4, -0.2) is 24.3 Å². The van der Waals surface area contributed by atoms with Gasteiger partial charge in [0.05, 0.1) is 16.3 Å². The third-order valence-corrected chi connectivity index (χ3v) is 5.16. The van der Waals surface area contributed by atoms with Crippen LogP contribution in [0.2, 0.25) is 0 Å². The number of aryl methyl sites for hydroxylation is 1. The summed E-state index contributed by atoms with van der Waals surface area (Å²) in [6.07, 6.45) is 0. The molecule has 112 valence electrons. The highest BCUT2D eigenvalue weighted by Crippen LogP contribution is 2.34. The van der Waals surface area contributed by atoms with Crippen LogP contribution in [0.1, 0.15) is 12.6 Å². The number of nitrogens with zero attached hydrogens (tertiary/aromatic N) is 2. The van der Waals surface area contributed by atoms with E-state index in [1.54, 1.807) is 12.3 Å². The van der Waals surface area contributed by atoms with Gasteiger partial charge in [0.15, 0.2) is 10.3 Å². The summed E-state index contributed by atoms with van der Waals surface area (Å²) in [6.45, 7) is 6.42. The number of amides is 1. The molecule has 0 aromatic carbocycles. The van der Waals surface area contributed by atoms with Gasteiger partial charge in [0.2, 0.25) is 5.91 Å². The van der Waals surface area contributed by atoms with Crippen LogP contribution in [0.25, 0.3) is 10.6 Å². The van der Waals surface area contributed by atoms with Crippen LogP contribution < -0.4 is 10.0 Å². The minimum atomic E-state index is -3.57. The standard InChI is InChI=1S/C11H12N4O3S3/c1-4-21(17,18)15-11-14-8(5-19-11)9-6(2)12-10(20-9)13-7(3)16/h4-5H,1H2,2-3H3,(H,14,15)(H,12,13,16). The van der Waals surface area contributed by atoms with E-state index >= 15 is 0 Å². The van der Waals surface area contributed by atoms with E-state index in [9.17, 15) is 13.2 Å². The zero-order chi connectivity index (χ0) is 15.6. The molecule has 2 heterocycles. The highest BCUT2D eigenvalue weighted by Gasteiger charge is 2.15. The molecule has 0 unspecified atom stereocenters. The number of carbonyl (C=O) groups excluding carboxylic acids is 1. The quantitative estimate of drug-likeness (QED) is 0.867. The molecule has 0 aliphatic heterocycles. The summed E-state index contributed by atoms with van der Waals surface area (Å²) >= 11 is 2.44. The van der Waals surface area contributed by atoms with Crippen molar-refractivity contribution in [2.75, 3.05) is 10.0 Å². The molecule has 0 saturated heterocycles. The van der Waals surface area contributed by atoms with Gasteiger partial charge in [-0.2, -0.15) is 0 Å². The summed E-state index contributed by atoms with van der Waals surface area (Å²) < 4.78 is 25.1. The lowest BCUT2D eigenvalue weighted by atomic mass is 10.3. The molecule has 7 nitrogen and oxygen atoms in total. The summed E-state index contributed by atoms with van der Waals surface area (Å²) in [5.41, 5.74) is 1.32. The number of sulfonamides is 1. The number of hydrogen-bond acceptors (Lipinski definition) is 7. The van der Waals surface area contributed by atoms with E-state index in [4.69, 9.17) is 0 Å². The van der Waals surface area contributed by atoms with Crippen LogP contribution in [0, 0.1) is 6.92 Å². The van der Waals surface area contributed by atoms with E-state index in [0.29, 0.717) is 16.5 Å². The van der Waals surface area contributed by atoms with Gasteiger partial charge in [-0.05, 0) is 6.92 Å². The second-order valence-electron chi connectivity index (χ2n) is 3.97. The molecule has 10 heteroatoms. The molecular formula is C11H12N4O3S3. The lowest BCUT2D eigenvalue weighted by molar-refractivity contribution is -0.114. The molecule has 21 heavy (non-hydrogen) atoms. The minimum absolute atomic E-state index is 0.201. The summed E-state index contributed by atoms with van der Waals surface area (Å²) in [5, 5.41) is 5.88. The third-order valence-electron chi connectivity index (χ3n) is 2.27. The highest BCUT2D eigenvalue weighted by atomic mass is 32.2. The molecule has 0 atom stereocenters. The first-order valence-corrected chi connectivity index (χ1v) is 8.91. The maximum absolute atomic E-state index is 11.4. The van der Waals surface area contributed by atoms with E-state index in [1.165, 1.54) is 18.3 Å². The number of aromatic nitrogens is 2. The van der Waals surface area contributed by atoms with Crippen molar-refractivity contribution in [3.63, 3.8) is 0 Å². The first-order chi connectivity index (χ1) is 9.80. The van der Waals surface area contributed by atoms with Crippen molar-refractivity contribution in [3.8, 4) is 10.6 Å². The Morgan fingerprint density at radius 2 is 2.10 bits per heavy atom. The molecule has 0 radical (unpaired) electrons. The van der Waals surface area contributed by atoms with Crippen molar-refractivity contribution < 1.29 is 13.2 Å². The normalized spacial score (nSPS) is 11.1. The Morgan fingerprint density at radius 1 is 1.38 bits per heavy atom. The van der Waals surface area contributed by atoms with Gasteiger partial charge >= 0.3 is 0 Å². The van der Waals surface area contributed by atoms with Crippen LogP contribution in [-0.2, 0) is 14.8 Å². The molecule has 2 rings (SSSR count). The molecule has 0 saturated carbocycles. The Labute approximate surface area is 129 Å². The van der Waals surface area contributed by atoms with Crippen molar-refractivity contribution in [1.29, 1.82) is 0 Å². The Bertz CT molecular complexity index is 791. The summed E-state index contributed by atoms with van der Waals surface area (Å²) in [6, 6.07) is 0. The number of thiazole rings is 2. The van der Waals surface area contributed by atoms with Crippen LogP contribution in [0.15, 0.2) is 17.4 Å². The van der Waals surface area contributed by atoms with Gasteiger partial charge < -0.3 is 5.32 Å². The topological polar surface area (TPSA) is 101 Å². The van der Waals surface area contributed by atoms with Gasteiger partial charge in [0.1, 0.15) is 0 Å². The highest BCUT2D eigenvalue weighted by molar-refractivity contribution is 7.95. The van der Waals surface area contributed by atoms with Crippen molar-refractivity contribution >= 4 is 48.9 Å². The average molecular weight is 344 g/mol. The molecule has 0 spiro atoms. The summed E-state index contributed by atoms with van der Waals surface area (Å²) in [4.78, 5) is 20.2. The summed E-state index contributed by atoms with van der Waals surface area (Å²) in [7, 11) is -3.57. The second-order valence-corrected chi connectivity index (χ2v) is 7.45. The zero-order valence-corrected chi connectivity index (χ0v) is 13.7. The van der Waals surface area contributed by atoms with E-state index in [2.05, 4.69) is 26.6 Å². The molecule has 2 N–H and O–H groups in total. The SMILES string of the molecule is C=CS(=O)(=O)Nc1nc(-c2sc(NC(C)=O)nc2C)cs1. The molecular weight excluding hydrogens is 332 g/mol. The maximum atomic E-state index is 11.4. The molecule has 0 aliphatic carbocycles. The fourth-order valence-electron chi connectivity index (χ4n) is 1.43. The van der Waals surface area contributed by atoms with Crippen molar-refractivity contribution in [2.24, 2.45) is 0 Å². The monoisotopic (exact) mass is 344 g/mol. The second kappa shape index (κ2) is 5.92. The molecule has 0 fully saturated rings. The first kappa shape index (κ1) is 15.6. The van der Waals surface area contributed by atoms with Crippen molar-refractivity contribution in [3.05, 3.63) is 23.1 Å². The Morgan fingerprint density at radius 3 is 2.71 bits per heavy atom. The number of hydrogen-bond donors (Lipinski definition) is 2.